The first kappa shape index (κ1) is 25.1. The maximum Gasteiger partial charge on any atom is 0.407 e. The van der Waals surface area contributed by atoms with Crippen molar-refractivity contribution in [1.29, 1.82) is 0 Å². The van der Waals surface area contributed by atoms with Crippen molar-refractivity contribution in [3.05, 3.63) is 38.3 Å². The Kier molecular flexibility index (Phi) is 5.92. The molecule has 2 aliphatic rings. The molecule has 1 aromatic carbocycles. The molecule has 0 spiro atoms. The van der Waals surface area contributed by atoms with E-state index in [1.54, 1.807) is 11.5 Å². The van der Waals surface area contributed by atoms with Crippen LogP contribution in [0.25, 0.3) is 10.9 Å². The van der Waals surface area contributed by atoms with Crippen LogP contribution in [0, 0.1) is 24.1 Å². The van der Waals surface area contributed by atoms with Crippen LogP contribution in [0.3, 0.4) is 0 Å². The fraction of sp³-hybridized carbons (Fsp3) is 0.640. The minimum absolute atomic E-state index is 0.00665. The molecule has 192 valence electrons. The van der Waals surface area contributed by atoms with Crippen molar-refractivity contribution in [1.82, 2.24) is 14.6 Å². The smallest absolute Gasteiger partial charge is 0.407 e. The Bertz CT molecular complexity index is 1300. The first-order valence-corrected chi connectivity index (χ1v) is 12.1. The van der Waals surface area contributed by atoms with E-state index in [-0.39, 0.29) is 28.8 Å². The molecule has 9 nitrogen and oxygen atoms in total. The number of hydrogen-bond donors (Lipinski definition) is 2. The molecule has 10 heteroatoms. The average molecular weight is 490 g/mol. The fourth-order valence-corrected chi connectivity index (χ4v) is 5.48. The number of carbonyl (C=O) groups excluding carboxylic acids is 1. The lowest BCUT2D eigenvalue weighted by Crippen LogP contribution is -2.45. The van der Waals surface area contributed by atoms with Crippen molar-refractivity contribution in [2.45, 2.75) is 79.0 Å². The van der Waals surface area contributed by atoms with Gasteiger partial charge in [-0.2, -0.15) is 4.68 Å². The van der Waals surface area contributed by atoms with Crippen molar-refractivity contribution in [2.24, 2.45) is 11.3 Å². The maximum absolute atomic E-state index is 15.6. The lowest BCUT2D eigenvalue weighted by atomic mass is 9.78. The summed E-state index contributed by atoms with van der Waals surface area (Å²) in [5.74, 6) is 5.21. The second kappa shape index (κ2) is 8.27. The number of nitrogens with one attached hydrogen (secondary N) is 1. The van der Waals surface area contributed by atoms with E-state index in [1.165, 1.54) is 6.07 Å². The number of halogens is 1. The van der Waals surface area contributed by atoms with Gasteiger partial charge in [-0.1, -0.05) is 13.8 Å². The van der Waals surface area contributed by atoms with Gasteiger partial charge in [0, 0.05) is 36.7 Å². The minimum atomic E-state index is -0.703. The van der Waals surface area contributed by atoms with Gasteiger partial charge in [-0.25, -0.2) is 14.0 Å². The quantitative estimate of drug-likeness (QED) is 0.639. The third-order valence-corrected chi connectivity index (χ3v) is 7.16. The highest BCUT2D eigenvalue weighted by atomic mass is 19.1. The monoisotopic (exact) mass is 489 g/mol. The van der Waals surface area contributed by atoms with Gasteiger partial charge in [0.1, 0.15) is 11.4 Å². The average Bonchev–Trinajstić information content (AvgIpc) is 3.49. The second-order valence-corrected chi connectivity index (χ2v) is 11.7. The number of amides is 1. The van der Waals surface area contributed by atoms with Crippen LogP contribution in [0.15, 0.2) is 15.7 Å². The molecule has 1 aliphatic carbocycles. The Balaban J connectivity index is 1.73. The molecule has 2 atom stereocenters. The Morgan fingerprint density at radius 3 is 2.49 bits per heavy atom. The van der Waals surface area contributed by atoms with E-state index in [4.69, 9.17) is 10.6 Å². The SMILES string of the molecule is Cc1c(N2CC(C(C)NC(=O)OC(C)(C)C)C(C)(C)C2)c(F)cc2c(=O)n(N)c(=O)n(C3CC3)c12. The molecule has 4 rings (SSSR count). The van der Waals surface area contributed by atoms with Gasteiger partial charge in [0.25, 0.3) is 5.56 Å². The lowest BCUT2D eigenvalue weighted by molar-refractivity contribution is 0.0476. The summed E-state index contributed by atoms with van der Waals surface area (Å²) in [6.45, 7) is 14.3. The van der Waals surface area contributed by atoms with Crippen LogP contribution < -0.4 is 27.3 Å². The van der Waals surface area contributed by atoms with Gasteiger partial charge in [0.15, 0.2) is 0 Å². The molecule has 0 bridgehead atoms. The molecule has 2 heterocycles. The van der Waals surface area contributed by atoms with Crippen molar-refractivity contribution >= 4 is 22.7 Å². The van der Waals surface area contributed by atoms with Crippen molar-refractivity contribution in [2.75, 3.05) is 23.8 Å². The number of carbonyl (C=O) groups is 1. The van der Waals surface area contributed by atoms with Crippen LogP contribution in [0.1, 0.15) is 66.0 Å². The number of fused-ring (bicyclic) bond motifs is 1. The van der Waals surface area contributed by atoms with Gasteiger partial charge in [-0.05, 0) is 58.9 Å². The molecule has 2 unspecified atom stereocenters. The maximum atomic E-state index is 15.6. The highest BCUT2D eigenvalue weighted by molar-refractivity contribution is 5.87. The number of ether oxygens (including phenoxy) is 1. The normalized spacial score (nSPS) is 20.8. The standard InChI is InChI=1S/C25H36FN5O4/c1-13-19-16(21(32)31(27)23(34)30(19)15-8-9-15)10-18(26)20(13)29-11-17(25(6,7)12-29)14(2)28-22(33)35-24(3,4)5/h10,14-15,17H,8-9,11-12,27H2,1-7H3,(H,28,33). The van der Waals surface area contributed by atoms with Crippen molar-refractivity contribution in [3.63, 3.8) is 0 Å². The summed E-state index contributed by atoms with van der Waals surface area (Å²) < 4.78 is 23.1. The molecule has 1 aliphatic heterocycles. The van der Waals surface area contributed by atoms with Gasteiger partial charge < -0.3 is 20.8 Å². The molecule has 1 amide bonds. The molecular formula is C25H36FN5O4. The first-order chi connectivity index (χ1) is 16.1. The van der Waals surface area contributed by atoms with Gasteiger partial charge in [0.2, 0.25) is 0 Å². The topological polar surface area (TPSA) is 112 Å². The van der Waals surface area contributed by atoms with Gasteiger partial charge in [0.05, 0.1) is 16.6 Å². The number of hydrogen-bond acceptors (Lipinski definition) is 6. The van der Waals surface area contributed by atoms with Gasteiger partial charge in [-0.3, -0.25) is 9.36 Å². The van der Waals surface area contributed by atoms with E-state index >= 15 is 4.39 Å². The van der Waals surface area contributed by atoms with Crippen molar-refractivity contribution < 1.29 is 13.9 Å². The zero-order chi connectivity index (χ0) is 26.0. The predicted octanol–water partition coefficient (Wildman–Crippen LogP) is 3.04. The second-order valence-electron chi connectivity index (χ2n) is 11.7. The van der Waals surface area contributed by atoms with E-state index in [1.807, 2.05) is 32.6 Å². The molecule has 35 heavy (non-hydrogen) atoms. The molecule has 1 aromatic heterocycles. The van der Waals surface area contributed by atoms with Gasteiger partial charge in [-0.15, -0.1) is 0 Å². The summed E-state index contributed by atoms with van der Waals surface area (Å²) in [5, 5.41) is 3.04. The fourth-order valence-electron chi connectivity index (χ4n) is 5.48. The third-order valence-electron chi connectivity index (χ3n) is 7.16. The van der Waals surface area contributed by atoms with Gasteiger partial charge >= 0.3 is 11.8 Å². The zero-order valence-electron chi connectivity index (χ0n) is 21.6. The van der Waals surface area contributed by atoms with Crippen LogP contribution in [0.2, 0.25) is 0 Å². The molecule has 1 saturated carbocycles. The molecule has 1 saturated heterocycles. The Morgan fingerprint density at radius 2 is 1.91 bits per heavy atom. The summed E-state index contributed by atoms with van der Waals surface area (Å²) in [6, 6.07) is 0.936. The Labute approximate surface area is 204 Å². The predicted molar refractivity (Wildman–Crippen MR) is 134 cm³/mol. The number of nitrogen functional groups attached to an aromatic ring is 1. The van der Waals surface area contributed by atoms with E-state index in [9.17, 15) is 14.4 Å². The first-order valence-electron chi connectivity index (χ1n) is 12.1. The summed E-state index contributed by atoms with van der Waals surface area (Å²) in [5.41, 5.74) is -0.774. The van der Waals surface area contributed by atoms with Crippen LogP contribution in [0.4, 0.5) is 14.9 Å². The molecule has 3 N–H and O–H groups in total. The summed E-state index contributed by atoms with van der Waals surface area (Å²) >= 11 is 0. The summed E-state index contributed by atoms with van der Waals surface area (Å²) in [6.07, 6.45) is 1.14. The summed E-state index contributed by atoms with van der Waals surface area (Å²) in [7, 11) is 0. The van der Waals surface area contributed by atoms with E-state index < -0.39 is 28.8 Å². The van der Waals surface area contributed by atoms with Crippen LogP contribution in [0.5, 0.6) is 0 Å². The Morgan fingerprint density at radius 1 is 1.29 bits per heavy atom. The number of nitrogens with two attached hydrogens (primary N) is 1. The lowest BCUT2D eigenvalue weighted by Gasteiger charge is -2.31. The highest BCUT2D eigenvalue weighted by Gasteiger charge is 2.44. The zero-order valence-corrected chi connectivity index (χ0v) is 21.6. The van der Waals surface area contributed by atoms with Crippen LogP contribution in [-0.2, 0) is 4.74 Å². The van der Waals surface area contributed by atoms with E-state index in [0.717, 1.165) is 12.8 Å². The number of aryl methyl sites for hydroxylation is 1. The number of nitrogens with zero attached hydrogens (tertiary/aromatic N) is 3. The highest BCUT2D eigenvalue weighted by Crippen LogP contribution is 2.43. The molecule has 0 radical (unpaired) electrons. The van der Waals surface area contributed by atoms with Crippen LogP contribution >= 0.6 is 0 Å². The molecule has 2 aromatic rings. The number of rotatable bonds is 4. The van der Waals surface area contributed by atoms with E-state index in [2.05, 4.69) is 19.2 Å². The molecule has 2 fully saturated rings. The number of benzene rings is 1. The molecular weight excluding hydrogens is 453 g/mol. The Hall–Kier alpha value is -3.04. The summed E-state index contributed by atoms with van der Waals surface area (Å²) in [4.78, 5) is 39.9. The number of alkyl carbamates (subject to hydrolysis) is 1. The largest absolute Gasteiger partial charge is 0.444 e. The third kappa shape index (κ3) is 4.50. The van der Waals surface area contributed by atoms with Crippen LogP contribution in [-0.4, -0.2) is 40.1 Å². The number of anilines is 1. The van der Waals surface area contributed by atoms with Crippen molar-refractivity contribution in [3.8, 4) is 0 Å². The van der Waals surface area contributed by atoms with E-state index in [0.29, 0.717) is 34.5 Å². The number of aromatic nitrogens is 2. The minimum Gasteiger partial charge on any atom is -0.444 e.